The molecule has 0 aliphatic carbocycles. The van der Waals surface area contributed by atoms with E-state index >= 15 is 0 Å². The van der Waals surface area contributed by atoms with Gasteiger partial charge in [-0.3, -0.25) is 15.1 Å². The van der Waals surface area contributed by atoms with Crippen LogP contribution in [0, 0.1) is 10.1 Å². The van der Waals surface area contributed by atoms with Crippen molar-refractivity contribution < 1.29 is 9.66 Å². The van der Waals surface area contributed by atoms with Gasteiger partial charge in [0.15, 0.2) is 0 Å². The highest BCUT2D eigenvalue weighted by molar-refractivity contribution is 5.29. The summed E-state index contributed by atoms with van der Waals surface area (Å²) in [4.78, 5) is 14.0. The van der Waals surface area contributed by atoms with Gasteiger partial charge in [-0.1, -0.05) is 18.2 Å². The van der Waals surface area contributed by atoms with Gasteiger partial charge in [-0.15, -0.1) is 0 Å². The number of nitrogens with zero attached hydrogens (tertiary/aromatic N) is 2. The molecule has 0 spiro atoms. The third-order valence-electron chi connectivity index (χ3n) is 2.33. The Bertz CT molecular complexity index is 512. The third kappa shape index (κ3) is 3.55. The molecule has 0 unspecified atom stereocenters. The van der Waals surface area contributed by atoms with Gasteiger partial charge in [0, 0.05) is 10.6 Å². The third-order valence-corrected chi connectivity index (χ3v) is 2.33. The van der Waals surface area contributed by atoms with E-state index in [1.807, 2.05) is 30.3 Å². The molecular weight excluding hydrogens is 232 g/mol. The van der Waals surface area contributed by atoms with Crippen LogP contribution in [0.1, 0.15) is 5.69 Å². The first-order valence-corrected chi connectivity index (χ1v) is 5.54. The van der Waals surface area contributed by atoms with Crippen molar-refractivity contribution in [2.45, 2.75) is 6.42 Å². The lowest BCUT2D eigenvalue weighted by molar-refractivity contribution is -0.479. The van der Waals surface area contributed by atoms with Crippen LogP contribution in [0.2, 0.25) is 0 Å². The molecule has 0 saturated carbocycles. The molecule has 0 amide bonds. The van der Waals surface area contributed by atoms with Gasteiger partial charge in [0.05, 0.1) is 12.6 Å². The standard InChI is InChI=1S/C13H12N2O3/c16-15(17)9-8-11-6-7-13(10-14-11)18-12-4-2-1-3-5-12/h1-7,10H,8-9H2. The summed E-state index contributed by atoms with van der Waals surface area (Å²) in [5, 5.41) is 10.2. The Labute approximate surface area is 104 Å². The van der Waals surface area contributed by atoms with E-state index in [1.165, 1.54) is 0 Å². The van der Waals surface area contributed by atoms with E-state index in [1.54, 1.807) is 18.3 Å². The predicted octanol–water partition coefficient (Wildman–Crippen LogP) is 2.69. The fourth-order valence-electron chi connectivity index (χ4n) is 1.45. The summed E-state index contributed by atoms with van der Waals surface area (Å²) in [6.07, 6.45) is 1.90. The second-order valence-corrected chi connectivity index (χ2v) is 3.71. The number of pyridine rings is 1. The first kappa shape index (κ1) is 12.0. The Morgan fingerprint density at radius 2 is 1.89 bits per heavy atom. The van der Waals surface area contributed by atoms with Crippen LogP contribution in [-0.2, 0) is 6.42 Å². The van der Waals surface area contributed by atoms with Crippen LogP contribution in [-0.4, -0.2) is 16.5 Å². The molecule has 2 aromatic rings. The molecule has 1 heterocycles. The fourth-order valence-corrected chi connectivity index (χ4v) is 1.45. The zero-order valence-corrected chi connectivity index (χ0v) is 9.65. The maximum atomic E-state index is 10.2. The van der Waals surface area contributed by atoms with E-state index in [9.17, 15) is 10.1 Å². The summed E-state index contributed by atoms with van der Waals surface area (Å²) in [6, 6.07) is 12.9. The molecule has 0 aliphatic heterocycles. The average Bonchev–Trinajstić information content (AvgIpc) is 2.39. The van der Waals surface area contributed by atoms with Crippen molar-refractivity contribution in [2.75, 3.05) is 6.54 Å². The van der Waals surface area contributed by atoms with Crippen LogP contribution >= 0.6 is 0 Å². The Kier molecular flexibility index (Phi) is 3.86. The van der Waals surface area contributed by atoms with Crippen molar-refractivity contribution in [3.05, 3.63) is 64.5 Å². The monoisotopic (exact) mass is 244 g/mol. The van der Waals surface area contributed by atoms with Crippen molar-refractivity contribution >= 4 is 0 Å². The van der Waals surface area contributed by atoms with Gasteiger partial charge >= 0.3 is 0 Å². The summed E-state index contributed by atoms with van der Waals surface area (Å²) in [6.45, 7) is -0.105. The predicted molar refractivity (Wildman–Crippen MR) is 66.3 cm³/mol. The van der Waals surface area contributed by atoms with Crippen LogP contribution in [0.25, 0.3) is 0 Å². The summed E-state index contributed by atoms with van der Waals surface area (Å²) in [7, 11) is 0. The quantitative estimate of drug-likeness (QED) is 0.599. The Hall–Kier alpha value is -2.43. The molecule has 2 rings (SSSR count). The molecule has 0 saturated heterocycles. The largest absolute Gasteiger partial charge is 0.456 e. The van der Waals surface area contributed by atoms with Gasteiger partial charge in [-0.2, -0.15) is 0 Å². The number of hydrogen-bond acceptors (Lipinski definition) is 4. The van der Waals surface area contributed by atoms with E-state index in [0.29, 0.717) is 17.9 Å². The number of nitro groups is 1. The average molecular weight is 244 g/mol. The highest BCUT2D eigenvalue weighted by atomic mass is 16.6. The summed E-state index contributed by atoms with van der Waals surface area (Å²) >= 11 is 0. The molecule has 0 aliphatic rings. The van der Waals surface area contributed by atoms with Crippen molar-refractivity contribution in [1.82, 2.24) is 4.98 Å². The van der Waals surface area contributed by atoms with E-state index in [4.69, 9.17) is 4.74 Å². The molecule has 1 aromatic heterocycles. The number of benzene rings is 1. The minimum absolute atomic E-state index is 0.105. The number of para-hydroxylation sites is 1. The highest BCUT2D eigenvalue weighted by Crippen LogP contribution is 2.19. The van der Waals surface area contributed by atoms with Crippen LogP contribution in [0.15, 0.2) is 48.7 Å². The summed E-state index contributed by atoms with van der Waals surface area (Å²) in [5.74, 6) is 1.35. The second-order valence-electron chi connectivity index (χ2n) is 3.71. The zero-order valence-electron chi connectivity index (χ0n) is 9.65. The van der Waals surface area contributed by atoms with Crippen molar-refractivity contribution in [1.29, 1.82) is 0 Å². The molecule has 0 fully saturated rings. The number of rotatable bonds is 5. The molecule has 0 bridgehead atoms. The van der Waals surface area contributed by atoms with Crippen LogP contribution in [0.3, 0.4) is 0 Å². The molecular formula is C13H12N2O3. The van der Waals surface area contributed by atoms with Gasteiger partial charge in [-0.25, -0.2) is 0 Å². The molecule has 0 radical (unpaired) electrons. The molecule has 18 heavy (non-hydrogen) atoms. The summed E-state index contributed by atoms with van der Waals surface area (Å²) < 4.78 is 5.56. The molecule has 1 aromatic carbocycles. The first-order valence-electron chi connectivity index (χ1n) is 5.54. The smallest absolute Gasteiger partial charge is 0.209 e. The summed E-state index contributed by atoms with van der Waals surface area (Å²) in [5.41, 5.74) is 0.687. The molecule has 5 nitrogen and oxygen atoms in total. The van der Waals surface area contributed by atoms with Crippen LogP contribution < -0.4 is 4.74 Å². The SMILES string of the molecule is O=[N+]([O-])CCc1ccc(Oc2ccccc2)cn1. The van der Waals surface area contributed by atoms with Gasteiger partial charge < -0.3 is 4.74 Å². The maximum absolute atomic E-state index is 10.2. The van der Waals surface area contributed by atoms with Crippen molar-refractivity contribution in [3.8, 4) is 11.5 Å². The van der Waals surface area contributed by atoms with Crippen LogP contribution in [0.5, 0.6) is 11.5 Å². The van der Waals surface area contributed by atoms with Gasteiger partial charge in [0.2, 0.25) is 6.54 Å². The molecule has 0 N–H and O–H groups in total. The van der Waals surface area contributed by atoms with Gasteiger partial charge in [0.25, 0.3) is 0 Å². The lowest BCUT2D eigenvalue weighted by Crippen LogP contribution is -2.05. The topological polar surface area (TPSA) is 65.3 Å². The van der Waals surface area contributed by atoms with Crippen molar-refractivity contribution in [2.24, 2.45) is 0 Å². The van der Waals surface area contributed by atoms with E-state index in [2.05, 4.69) is 4.98 Å². The highest BCUT2D eigenvalue weighted by Gasteiger charge is 2.02. The molecule has 92 valence electrons. The minimum Gasteiger partial charge on any atom is -0.456 e. The Balaban J connectivity index is 1.97. The first-order chi connectivity index (χ1) is 8.74. The fraction of sp³-hybridized carbons (Fsp3) is 0.154. The number of aromatic nitrogens is 1. The van der Waals surface area contributed by atoms with Gasteiger partial charge in [-0.05, 0) is 24.3 Å². The van der Waals surface area contributed by atoms with E-state index < -0.39 is 0 Å². The van der Waals surface area contributed by atoms with Crippen LogP contribution in [0.4, 0.5) is 0 Å². The van der Waals surface area contributed by atoms with E-state index in [-0.39, 0.29) is 11.5 Å². The van der Waals surface area contributed by atoms with Crippen molar-refractivity contribution in [3.63, 3.8) is 0 Å². The maximum Gasteiger partial charge on any atom is 0.209 e. The second kappa shape index (κ2) is 5.77. The Morgan fingerprint density at radius 3 is 2.50 bits per heavy atom. The number of hydrogen-bond donors (Lipinski definition) is 0. The zero-order chi connectivity index (χ0) is 12.8. The lowest BCUT2D eigenvalue weighted by atomic mass is 10.2. The lowest BCUT2D eigenvalue weighted by Gasteiger charge is -2.05. The minimum atomic E-state index is -0.351. The molecule has 5 heteroatoms. The van der Waals surface area contributed by atoms with Gasteiger partial charge in [0.1, 0.15) is 11.5 Å². The normalized spacial score (nSPS) is 10.0. The number of ether oxygens (including phenoxy) is 1. The Morgan fingerprint density at radius 1 is 1.11 bits per heavy atom. The van der Waals surface area contributed by atoms with E-state index in [0.717, 1.165) is 5.75 Å². The molecule has 0 atom stereocenters.